The van der Waals surface area contributed by atoms with Gasteiger partial charge in [0.25, 0.3) is 11.8 Å². The third-order valence-electron chi connectivity index (χ3n) is 6.62. The molecule has 5 aromatic rings. The summed E-state index contributed by atoms with van der Waals surface area (Å²) in [7, 11) is 1.49. The summed E-state index contributed by atoms with van der Waals surface area (Å²) >= 11 is 0. The van der Waals surface area contributed by atoms with Crippen molar-refractivity contribution >= 4 is 39.2 Å². The molecule has 0 aliphatic rings. The molecule has 0 unspecified atom stereocenters. The number of fused-ring (bicyclic) bond motifs is 2. The number of nitrogens with two attached hydrogens (primary N) is 1. The number of nitrogens with zero attached hydrogens (tertiary/aromatic N) is 1. The van der Waals surface area contributed by atoms with Crippen molar-refractivity contribution in [3.8, 4) is 16.9 Å². The number of rotatable bonds is 5. The number of carbonyl (C=O) groups excluding carboxylic acids is 2. The van der Waals surface area contributed by atoms with Crippen molar-refractivity contribution < 1.29 is 14.3 Å². The standard InChI is InChI=1S/C30H25N3O3/c1-17-6-4-9-26(18(17)2)33-30(35)23-8-5-7-19-14-20(10-11-21(19)23)22-12-13-32-27-16-28(36-3)25(29(31)34)15-24(22)27/h4-16H,1-3H3,(H2,31,34)(H,33,35). The SMILES string of the molecule is COc1cc2nccc(-c3ccc4c(C(=O)Nc5cccc(C)c5C)cccc4c3)c2cc1C(N)=O. The van der Waals surface area contributed by atoms with Crippen LogP contribution in [0.5, 0.6) is 5.75 Å². The molecule has 178 valence electrons. The van der Waals surface area contributed by atoms with Gasteiger partial charge in [0.05, 0.1) is 18.2 Å². The van der Waals surface area contributed by atoms with E-state index in [4.69, 9.17) is 10.5 Å². The number of hydrogen-bond donors (Lipinski definition) is 2. The lowest BCUT2D eigenvalue weighted by Crippen LogP contribution is -2.13. The van der Waals surface area contributed by atoms with Gasteiger partial charge in [0.1, 0.15) is 5.75 Å². The number of hydrogen-bond acceptors (Lipinski definition) is 4. The molecule has 0 aliphatic heterocycles. The van der Waals surface area contributed by atoms with Crippen LogP contribution in [0.3, 0.4) is 0 Å². The number of aromatic nitrogens is 1. The van der Waals surface area contributed by atoms with E-state index in [2.05, 4.69) is 10.3 Å². The molecule has 1 aromatic heterocycles. The van der Waals surface area contributed by atoms with E-state index in [1.54, 1.807) is 18.3 Å². The summed E-state index contributed by atoms with van der Waals surface area (Å²) in [4.78, 5) is 29.7. The molecule has 1 heterocycles. The van der Waals surface area contributed by atoms with Crippen LogP contribution in [0.15, 0.2) is 79.0 Å². The van der Waals surface area contributed by atoms with Gasteiger partial charge in [-0.25, -0.2) is 0 Å². The zero-order valence-corrected chi connectivity index (χ0v) is 20.3. The molecule has 0 radical (unpaired) electrons. The third-order valence-corrected chi connectivity index (χ3v) is 6.62. The number of amides is 2. The van der Waals surface area contributed by atoms with Gasteiger partial charge in [-0.3, -0.25) is 14.6 Å². The lowest BCUT2D eigenvalue weighted by atomic mass is 9.95. The third kappa shape index (κ3) is 4.03. The zero-order valence-electron chi connectivity index (χ0n) is 20.3. The highest BCUT2D eigenvalue weighted by atomic mass is 16.5. The van der Waals surface area contributed by atoms with E-state index in [-0.39, 0.29) is 5.91 Å². The number of anilines is 1. The van der Waals surface area contributed by atoms with Crippen molar-refractivity contribution in [2.45, 2.75) is 13.8 Å². The number of aryl methyl sites for hydroxylation is 1. The number of pyridine rings is 1. The minimum Gasteiger partial charge on any atom is -0.496 e. The van der Waals surface area contributed by atoms with Gasteiger partial charge in [0.2, 0.25) is 0 Å². The van der Waals surface area contributed by atoms with Gasteiger partial charge in [-0.1, -0.05) is 36.4 Å². The average Bonchev–Trinajstić information content (AvgIpc) is 2.89. The van der Waals surface area contributed by atoms with Crippen LogP contribution < -0.4 is 15.8 Å². The van der Waals surface area contributed by atoms with E-state index in [0.717, 1.165) is 44.1 Å². The summed E-state index contributed by atoms with van der Waals surface area (Å²) in [6, 6.07) is 22.9. The number of methoxy groups -OCH3 is 1. The maximum Gasteiger partial charge on any atom is 0.256 e. The first kappa shape index (κ1) is 23.1. The molecule has 0 spiro atoms. The number of ether oxygens (including phenoxy) is 1. The Kier molecular flexibility index (Phi) is 5.86. The minimum absolute atomic E-state index is 0.158. The highest BCUT2D eigenvalue weighted by Crippen LogP contribution is 2.34. The molecule has 6 heteroatoms. The summed E-state index contributed by atoms with van der Waals surface area (Å²) in [5.74, 6) is -0.339. The number of carbonyl (C=O) groups is 2. The first-order valence-corrected chi connectivity index (χ1v) is 11.5. The molecule has 2 amide bonds. The summed E-state index contributed by atoms with van der Waals surface area (Å²) in [6.45, 7) is 4.02. The molecule has 5 rings (SSSR count). The fourth-order valence-corrected chi connectivity index (χ4v) is 4.51. The maximum atomic E-state index is 13.2. The molecule has 4 aromatic carbocycles. The van der Waals surface area contributed by atoms with Crippen molar-refractivity contribution in [3.63, 3.8) is 0 Å². The van der Waals surface area contributed by atoms with Crippen molar-refractivity contribution in [3.05, 3.63) is 101 Å². The smallest absolute Gasteiger partial charge is 0.256 e. The van der Waals surface area contributed by atoms with Crippen molar-refractivity contribution in [2.24, 2.45) is 5.73 Å². The monoisotopic (exact) mass is 475 g/mol. The molecule has 6 nitrogen and oxygen atoms in total. The Bertz CT molecular complexity index is 1670. The average molecular weight is 476 g/mol. The van der Waals surface area contributed by atoms with Crippen molar-refractivity contribution in [2.75, 3.05) is 12.4 Å². The van der Waals surface area contributed by atoms with Gasteiger partial charge in [0, 0.05) is 28.9 Å². The van der Waals surface area contributed by atoms with Gasteiger partial charge in [0.15, 0.2) is 0 Å². The second-order valence-electron chi connectivity index (χ2n) is 8.74. The van der Waals surface area contributed by atoms with Gasteiger partial charge in [-0.2, -0.15) is 0 Å². The Balaban J connectivity index is 1.58. The summed E-state index contributed by atoms with van der Waals surface area (Å²) in [6.07, 6.45) is 1.72. The summed E-state index contributed by atoms with van der Waals surface area (Å²) in [5, 5.41) is 5.62. The Morgan fingerprint density at radius 2 is 1.69 bits per heavy atom. The lowest BCUT2D eigenvalue weighted by molar-refractivity contribution is 0.0995. The fraction of sp³-hybridized carbons (Fsp3) is 0.100. The molecule has 0 saturated heterocycles. The lowest BCUT2D eigenvalue weighted by Gasteiger charge is -2.13. The van der Waals surface area contributed by atoms with Crippen LogP contribution >= 0.6 is 0 Å². The number of nitrogens with one attached hydrogen (secondary N) is 1. The summed E-state index contributed by atoms with van der Waals surface area (Å²) < 4.78 is 5.33. The Labute approximate surface area is 208 Å². The molecular weight excluding hydrogens is 450 g/mol. The van der Waals surface area contributed by atoms with Crippen LogP contribution in [-0.4, -0.2) is 23.9 Å². The van der Waals surface area contributed by atoms with E-state index in [0.29, 0.717) is 22.4 Å². The van der Waals surface area contributed by atoms with E-state index in [9.17, 15) is 9.59 Å². The predicted molar refractivity (Wildman–Crippen MR) is 144 cm³/mol. The van der Waals surface area contributed by atoms with E-state index in [1.165, 1.54) is 7.11 Å². The van der Waals surface area contributed by atoms with Crippen LogP contribution in [0, 0.1) is 13.8 Å². The van der Waals surface area contributed by atoms with Crippen molar-refractivity contribution in [1.82, 2.24) is 4.98 Å². The molecule has 0 atom stereocenters. The molecule has 3 N–H and O–H groups in total. The normalized spacial score (nSPS) is 11.0. The largest absolute Gasteiger partial charge is 0.496 e. The zero-order chi connectivity index (χ0) is 25.4. The Hall–Kier alpha value is -4.71. The van der Waals surface area contributed by atoms with E-state index >= 15 is 0 Å². The fourth-order valence-electron chi connectivity index (χ4n) is 4.51. The molecular formula is C30H25N3O3. The van der Waals surface area contributed by atoms with Gasteiger partial charge in [-0.05, 0) is 77.2 Å². The number of primary amides is 1. The number of benzene rings is 4. The quantitative estimate of drug-likeness (QED) is 0.324. The Morgan fingerprint density at radius 3 is 2.47 bits per heavy atom. The van der Waals surface area contributed by atoms with Gasteiger partial charge < -0.3 is 15.8 Å². The van der Waals surface area contributed by atoms with Crippen LogP contribution in [0.4, 0.5) is 5.69 Å². The second kappa shape index (κ2) is 9.15. The molecule has 0 bridgehead atoms. The minimum atomic E-state index is -0.568. The van der Waals surface area contributed by atoms with Crippen molar-refractivity contribution in [1.29, 1.82) is 0 Å². The van der Waals surface area contributed by atoms with Gasteiger partial charge >= 0.3 is 0 Å². The van der Waals surface area contributed by atoms with Crippen LogP contribution in [0.2, 0.25) is 0 Å². The Morgan fingerprint density at radius 1 is 0.889 bits per heavy atom. The predicted octanol–water partition coefficient (Wildman–Crippen LogP) is 6.03. The maximum absolute atomic E-state index is 13.2. The van der Waals surface area contributed by atoms with E-state index < -0.39 is 5.91 Å². The molecule has 0 aliphatic carbocycles. The molecule has 0 fully saturated rings. The topological polar surface area (TPSA) is 94.3 Å². The highest BCUT2D eigenvalue weighted by Gasteiger charge is 2.16. The van der Waals surface area contributed by atoms with Gasteiger partial charge in [-0.15, -0.1) is 0 Å². The van der Waals surface area contributed by atoms with Crippen LogP contribution in [0.25, 0.3) is 32.8 Å². The second-order valence-corrected chi connectivity index (χ2v) is 8.74. The summed E-state index contributed by atoms with van der Waals surface area (Å²) in [5.41, 5.74) is 12.0. The molecule has 36 heavy (non-hydrogen) atoms. The van der Waals surface area contributed by atoms with Crippen LogP contribution in [-0.2, 0) is 0 Å². The highest BCUT2D eigenvalue weighted by molar-refractivity contribution is 6.14. The first-order chi connectivity index (χ1) is 17.4. The first-order valence-electron chi connectivity index (χ1n) is 11.5. The van der Waals surface area contributed by atoms with Crippen LogP contribution in [0.1, 0.15) is 31.8 Å². The van der Waals surface area contributed by atoms with E-state index in [1.807, 2.05) is 74.5 Å². The molecule has 0 saturated carbocycles.